The van der Waals surface area contributed by atoms with Crippen molar-refractivity contribution >= 4 is 39.8 Å². The number of sulfone groups is 1. The SMILES string of the molecule is CC(NC(=O)C1(S(C)(=O)=O)CCNCC1)c1ccc(F)c(Cl)c1.Cl. The van der Waals surface area contributed by atoms with Crippen molar-refractivity contribution in [3.8, 4) is 0 Å². The minimum Gasteiger partial charge on any atom is -0.348 e. The molecule has 1 saturated heterocycles. The maximum absolute atomic E-state index is 13.2. The van der Waals surface area contributed by atoms with E-state index in [-0.39, 0.29) is 30.3 Å². The maximum Gasteiger partial charge on any atom is 0.242 e. The monoisotopic (exact) mass is 398 g/mol. The Morgan fingerprint density at radius 2 is 1.96 bits per heavy atom. The van der Waals surface area contributed by atoms with Crippen molar-refractivity contribution in [1.82, 2.24) is 10.6 Å². The third-order valence-electron chi connectivity index (χ3n) is 4.33. The summed E-state index contributed by atoms with van der Waals surface area (Å²) in [4.78, 5) is 12.7. The summed E-state index contributed by atoms with van der Waals surface area (Å²) in [7, 11) is -3.57. The van der Waals surface area contributed by atoms with E-state index in [0.29, 0.717) is 18.7 Å². The molecule has 136 valence electrons. The molecule has 0 radical (unpaired) electrons. The van der Waals surface area contributed by atoms with Crippen LogP contribution in [0.25, 0.3) is 0 Å². The van der Waals surface area contributed by atoms with Crippen molar-refractivity contribution in [2.45, 2.75) is 30.6 Å². The molecule has 1 unspecified atom stereocenters. The van der Waals surface area contributed by atoms with E-state index in [0.717, 1.165) is 6.26 Å². The van der Waals surface area contributed by atoms with Gasteiger partial charge in [0, 0.05) is 6.26 Å². The van der Waals surface area contributed by atoms with E-state index in [9.17, 15) is 17.6 Å². The van der Waals surface area contributed by atoms with Crippen LogP contribution in [-0.2, 0) is 14.6 Å². The van der Waals surface area contributed by atoms with Gasteiger partial charge in [-0.05, 0) is 50.6 Å². The molecule has 1 aliphatic rings. The molecule has 9 heteroatoms. The lowest BCUT2D eigenvalue weighted by Crippen LogP contribution is -2.57. The van der Waals surface area contributed by atoms with Gasteiger partial charge in [-0.25, -0.2) is 12.8 Å². The second-order valence-corrected chi connectivity index (χ2v) is 8.62. The van der Waals surface area contributed by atoms with Crippen LogP contribution >= 0.6 is 24.0 Å². The fourth-order valence-corrected chi connectivity index (χ4v) is 4.32. The molecule has 1 atom stereocenters. The molecule has 1 fully saturated rings. The summed E-state index contributed by atoms with van der Waals surface area (Å²) >= 11 is 5.75. The summed E-state index contributed by atoms with van der Waals surface area (Å²) in [5.41, 5.74) is 0.613. The number of piperidine rings is 1. The number of halogens is 3. The standard InChI is InChI=1S/C15H20ClFN2O3S.ClH/c1-10(11-3-4-13(17)12(16)9-11)19-14(20)15(23(2,21)22)5-7-18-8-6-15;/h3-4,9-10,18H,5-8H2,1-2H3,(H,19,20);1H. The van der Waals surface area contributed by atoms with E-state index >= 15 is 0 Å². The normalized spacial score (nSPS) is 18.3. The number of hydrogen-bond donors (Lipinski definition) is 2. The number of rotatable bonds is 4. The molecule has 0 bridgehead atoms. The Bertz CT molecular complexity index is 707. The molecule has 5 nitrogen and oxygen atoms in total. The molecule has 1 amide bonds. The highest BCUT2D eigenvalue weighted by molar-refractivity contribution is 7.92. The molecule has 0 aliphatic carbocycles. The Morgan fingerprint density at radius 3 is 2.46 bits per heavy atom. The topological polar surface area (TPSA) is 75.3 Å². The lowest BCUT2D eigenvalue weighted by Gasteiger charge is -2.35. The predicted molar refractivity (Wildman–Crippen MR) is 94.9 cm³/mol. The maximum atomic E-state index is 13.2. The smallest absolute Gasteiger partial charge is 0.242 e. The third-order valence-corrected chi connectivity index (χ3v) is 6.63. The quantitative estimate of drug-likeness (QED) is 0.815. The largest absolute Gasteiger partial charge is 0.348 e. The molecular formula is C15H21Cl2FN2O3S. The van der Waals surface area contributed by atoms with Gasteiger partial charge in [0.1, 0.15) is 5.82 Å². The first-order valence-corrected chi connectivity index (χ1v) is 9.60. The van der Waals surface area contributed by atoms with Gasteiger partial charge in [-0.3, -0.25) is 4.79 Å². The lowest BCUT2D eigenvalue weighted by molar-refractivity contribution is -0.125. The number of amides is 1. The molecule has 0 aromatic heterocycles. The van der Waals surface area contributed by atoms with Gasteiger partial charge in [0.2, 0.25) is 5.91 Å². The van der Waals surface area contributed by atoms with Gasteiger partial charge < -0.3 is 10.6 Å². The third kappa shape index (κ3) is 4.20. The molecule has 1 aliphatic heterocycles. The predicted octanol–water partition coefficient (Wildman–Crippen LogP) is 2.24. The van der Waals surface area contributed by atoms with Crippen molar-refractivity contribution in [1.29, 1.82) is 0 Å². The summed E-state index contributed by atoms with van der Waals surface area (Å²) in [6.45, 7) is 2.65. The molecule has 2 rings (SSSR count). The van der Waals surface area contributed by atoms with Gasteiger partial charge in [0.25, 0.3) is 0 Å². The van der Waals surface area contributed by atoms with E-state index in [1.807, 2.05) is 0 Å². The Labute approximate surface area is 152 Å². The Hall–Kier alpha value is -0.890. The molecule has 1 heterocycles. The average Bonchev–Trinajstić information content (AvgIpc) is 2.49. The lowest BCUT2D eigenvalue weighted by atomic mass is 9.95. The first kappa shape index (κ1) is 21.2. The average molecular weight is 399 g/mol. The van der Waals surface area contributed by atoms with Crippen LogP contribution in [0.3, 0.4) is 0 Å². The van der Waals surface area contributed by atoms with Crippen LogP contribution in [0.5, 0.6) is 0 Å². The van der Waals surface area contributed by atoms with Crippen molar-refractivity contribution in [3.63, 3.8) is 0 Å². The summed E-state index contributed by atoms with van der Waals surface area (Å²) in [6, 6.07) is 3.69. The van der Waals surface area contributed by atoms with Crippen LogP contribution in [0.1, 0.15) is 31.4 Å². The van der Waals surface area contributed by atoms with Crippen LogP contribution < -0.4 is 10.6 Å². The summed E-state index contributed by atoms with van der Waals surface area (Å²) in [6.07, 6.45) is 1.56. The number of hydrogen-bond acceptors (Lipinski definition) is 4. The molecule has 1 aromatic rings. The van der Waals surface area contributed by atoms with Gasteiger partial charge in [0.15, 0.2) is 14.6 Å². The van der Waals surface area contributed by atoms with Crippen LogP contribution in [0.2, 0.25) is 5.02 Å². The van der Waals surface area contributed by atoms with E-state index in [1.54, 1.807) is 6.92 Å². The van der Waals surface area contributed by atoms with E-state index in [4.69, 9.17) is 11.6 Å². The minimum absolute atomic E-state index is 0. The number of nitrogens with one attached hydrogen (secondary N) is 2. The molecule has 2 N–H and O–H groups in total. The van der Waals surface area contributed by atoms with E-state index < -0.39 is 32.4 Å². The Kier molecular flexibility index (Phi) is 7.04. The van der Waals surface area contributed by atoms with Crippen molar-refractivity contribution < 1.29 is 17.6 Å². The van der Waals surface area contributed by atoms with Crippen LogP contribution in [0, 0.1) is 5.82 Å². The first-order valence-electron chi connectivity index (χ1n) is 7.33. The molecule has 24 heavy (non-hydrogen) atoms. The fraction of sp³-hybridized carbons (Fsp3) is 0.533. The summed E-state index contributed by atoms with van der Waals surface area (Å²) in [5, 5.41) is 5.76. The van der Waals surface area contributed by atoms with Crippen LogP contribution in [0.4, 0.5) is 4.39 Å². The summed E-state index contributed by atoms with van der Waals surface area (Å²) < 4.78 is 36.2. The van der Waals surface area contributed by atoms with Gasteiger partial charge in [-0.2, -0.15) is 0 Å². The van der Waals surface area contributed by atoms with Gasteiger partial charge in [0.05, 0.1) is 11.1 Å². The van der Waals surface area contributed by atoms with Crippen molar-refractivity contribution in [2.75, 3.05) is 19.3 Å². The molecular weight excluding hydrogens is 378 g/mol. The van der Waals surface area contributed by atoms with Crippen LogP contribution in [-0.4, -0.2) is 38.4 Å². The van der Waals surface area contributed by atoms with Gasteiger partial charge in [-0.1, -0.05) is 17.7 Å². The Balaban J connectivity index is 0.00000288. The van der Waals surface area contributed by atoms with E-state index in [1.165, 1.54) is 18.2 Å². The second kappa shape index (κ2) is 7.99. The zero-order chi connectivity index (χ0) is 17.3. The molecule has 0 spiro atoms. The summed E-state index contributed by atoms with van der Waals surface area (Å²) in [5.74, 6) is -1.06. The number of benzene rings is 1. The van der Waals surface area contributed by atoms with Crippen LogP contribution in [0.15, 0.2) is 18.2 Å². The zero-order valence-corrected chi connectivity index (χ0v) is 15.8. The Morgan fingerprint density at radius 1 is 1.38 bits per heavy atom. The highest BCUT2D eigenvalue weighted by Gasteiger charge is 2.48. The van der Waals surface area contributed by atoms with Gasteiger partial charge >= 0.3 is 0 Å². The number of carbonyl (C=O) groups is 1. The van der Waals surface area contributed by atoms with Crippen molar-refractivity contribution in [3.05, 3.63) is 34.6 Å². The molecule has 1 aromatic carbocycles. The fourth-order valence-electron chi connectivity index (χ4n) is 2.79. The first-order chi connectivity index (χ1) is 10.7. The molecule has 0 saturated carbocycles. The van der Waals surface area contributed by atoms with Crippen molar-refractivity contribution in [2.24, 2.45) is 0 Å². The van der Waals surface area contributed by atoms with E-state index in [2.05, 4.69) is 10.6 Å². The zero-order valence-electron chi connectivity index (χ0n) is 13.4. The second-order valence-electron chi connectivity index (χ2n) is 5.89. The highest BCUT2D eigenvalue weighted by Crippen LogP contribution is 2.29. The van der Waals surface area contributed by atoms with Gasteiger partial charge in [-0.15, -0.1) is 12.4 Å². The minimum atomic E-state index is -3.57. The number of carbonyl (C=O) groups excluding carboxylic acids is 1. The highest BCUT2D eigenvalue weighted by atomic mass is 35.5.